The van der Waals surface area contributed by atoms with E-state index in [1.807, 2.05) is 24.3 Å². The molecule has 2 rings (SSSR count). The molecule has 20 heavy (non-hydrogen) atoms. The predicted molar refractivity (Wildman–Crippen MR) is 81.6 cm³/mol. The largest absolute Gasteiger partial charge is 0.506 e. The first-order chi connectivity index (χ1) is 9.49. The number of phenolic OH excluding ortho intramolecular Hbond substituents is 1. The highest BCUT2D eigenvalue weighted by Gasteiger charge is 2.12. The van der Waals surface area contributed by atoms with E-state index in [2.05, 4.69) is 19.2 Å². The molecule has 0 heterocycles. The highest BCUT2D eigenvalue weighted by Crippen LogP contribution is 2.26. The summed E-state index contributed by atoms with van der Waals surface area (Å²) in [7, 11) is 0. The molecule has 0 saturated carbocycles. The van der Waals surface area contributed by atoms with E-state index in [0.29, 0.717) is 11.5 Å². The van der Waals surface area contributed by atoms with Crippen LogP contribution < -0.4 is 5.32 Å². The molecule has 0 unspecified atom stereocenters. The van der Waals surface area contributed by atoms with Gasteiger partial charge in [0.05, 0.1) is 5.02 Å². The van der Waals surface area contributed by atoms with Crippen LogP contribution in [0.25, 0.3) is 0 Å². The number of hydrogen-bond acceptors (Lipinski definition) is 2. The first-order valence-corrected chi connectivity index (χ1v) is 6.75. The fourth-order valence-electron chi connectivity index (χ4n) is 1.96. The summed E-state index contributed by atoms with van der Waals surface area (Å²) in [6.45, 7) is 4.14. The number of anilines is 1. The van der Waals surface area contributed by atoms with Gasteiger partial charge in [-0.1, -0.05) is 43.6 Å². The molecule has 0 fully saturated rings. The van der Waals surface area contributed by atoms with Crippen molar-refractivity contribution in [1.29, 1.82) is 0 Å². The standard InChI is InChI=1S/C16H16ClNO2/c1-10(2)12-5-3-4-6-14(12)18-16(20)11-7-8-15(19)13(17)9-11/h3-10,19H,1-2H3,(H,18,20). The zero-order valence-corrected chi connectivity index (χ0v) is 12.1. The van der Waals surface area contributed by atoms with Crippen LogP contribution in [0.3, 0.4) is 0 Å². The van der Waals surface area contributed by atoms with Crippen molar-refractivity contribution in [2.24, 2.45) is 0 Å². The lowest BCUT2D eigenvalue weighted by atomic mass is 10.0. The van der Waals surface area contributed by atoms with Gasteiger partial charge in [-0.3, -0.25) is 4.79 Å². The summed E-state index contributed by atoms with van der Waals surface area (Å²) in [4.78, 5) is 12.2. The van der Waals surface area contributed by atoms with Crippen LogP contribution in [-0.2, 0) is 0 Å². The van der Waals surface area contributed by atoms with E-state index in [1.165, 1.54) is 18.2 Å². The average Bonchev–Trinajstić information content (AvgIpc) is 2.42. The molecule has 4 heteroatoms. The SMILES string of the molecule is CC(C)c1ccccc1NC(=O)c1ccc(O)c(Cl)c1. The number of carbonyl (C=O) groups is 1. The minimum atomic E-state index is -0.250. The van der Waals surface area contributed by atoms with Gasteiger partial charge in [-0.25, -0.2) is 0 Å². The number of benzene rings is 2. The quantitative estimate of drug-likeness (QED) is 0.878. The summed E-state index contributed by atoms with van der Waals surface area (Å²) in [6, 6.07) is 12.1. The average molecular weight is 290 g/mol. The van der Waals surface area contributed by atoms with Crippen molar-refractivity contribution in [3.8, 4) is 5.75 Å². The molecule has 0 aliphatic heterocycles. The lowest BCUT2D eigenvalue weighted by Crippen LogP contribution is -2.13. The molecule has 0 spiro atoms. The van der Waals surface area contributed by atoms with E-state index in [1.54, 1.807) is 0 Å². The van der Waals surface area contributed by atoms with Gasteiger partial charge < -0.3 is 10.4 Å². The van der Waals surface area contributed by atoms with Gasteiger partial charge in [-0.15, -0.1) is 0 Å². The molecule has 1 amide bonds. The zero-order valence-electron chi connectivity index (χ0n) is 11.4. The topological polar surface area (TPSA) is 49.3 Å². The molecule has 0 atom stereocenters. The van der Waals surface area contributed by atoms with Crippen LogP contribution in [-0.4, -0.2) is 11.0 Å². The normalized spacial score (nSPS) is 10.6. The number of phenols is 1. The Morgan fingerprint density at radius 1 is 1.20 bits per heavy atom. The Balaban J connectivity index is 2.26. The van der Waals surface area contributed by atoms with Gasteiger partial charge in [0.1, 0.15) is 5.75 Å². The molecule has 0 aliphatic carbocycles. The van der Waals surface area contributed by atoms with Crippen molar-refractivity contribution in [3.05, 3.63) is 58.6 Å². The molecule has 2 aromatic carbocycles. The van der Waals surface area contributed by atoms with E-state index in [9.17, 15) is 9.90 Å². The molecular weight excluding hydrogens is 274 g/mol. The molecule has 0 aliphatic rings. The zero-order chi connectivity index (χ0) is 14.7. The molecule has 2 aromatic rings. The number of halogens is 1. The molecule has 0 bridgehead atoms. The summed E-state index contributed by atoms with van der Waals surface area (Å²) in [5.41, 5.74) is 2.27. The van der Waals surface area contributed by atoms with E-state index < -0.39 is 0 Å². The Kier molecular flexibility index (Phi) is 4.30. The summed E-state index contributed by atoms with van der Waals surface area (Å²) < 4.78 is 0. The van der Waals surface area contributed by atoms with E-state index >= 15 is 0 Å². The van der Waals surface area contributed by atoms with Gasteiger partial charge in [-0.2, -0.15) is 0 Å². The van der Waals surface area contributed by atoms with Gasteiger partial charge >= 0.3 is 0 Å². The fraction of sp³-hybridized carbons (Fsp3) is 0.188. The second kappa shape index (κ2) is 5.97. The third kappa shape index (κ3) is 3.11. The van der Waals surface area contributed by atoms with Crippen molar-refractivity contribution in [2.75, 3.05) is 5.32 Å². The van der Waals surface area contributed by atoms with Gasteiger partial charge in [-0.05, 0) is 35.7 Å². The Morgan fingerprint density at radius 2 is 1.90 bits per heavy atom. The van der Waals surface area contributed by atoms with Gasteiger partial charge in [0.15, 0.2) is 0 Å². The number of hydrogen-bond donors (Lipinski definition) is 2. The highest BCUT2D eigenvalue weighted by atomic mass is 35.5. The molecular formula is C16H16ClNO2. The van der Waals surface area contributed by atoms with Crippen molar-refractivity contribution in [1.82, 2.24) is 0 Å². The van der Waals surface area contributed by atoms with Crippen LogP contribution in [0.4, 0.5) is 5.69 Å². The van der Waals surface area contributed by atoms with Crippen LogP contribution >= 0.6 is 11.6 Å². The van der Waals surface area contributed by atoms with Gasteiger partial charge in [0.2, 0.25) is 0 Å². The minimum Gasteiger partial charge on any atom is -0.506 e. The van der Waals surface area contributed by atoms with Crippen LogP contribution in [0.1, 0.15) is 35.7 Å². The molecule has 3 nitrogen and oxygen atoms in total. The number of para-hydroxylation sites is 1. The first kappa shape index (κ1) is 14.4. The second-order valence-electron chi connectivity index (χ2n) is 4.86. The number of carbonyl (C=O) groups excluding carboxylic acids is 1. The lowest BCUT2D eigenvalue weighted by Gasteiger charge is -2.13. The molecule has 2 N–H and O–H groups in total. The maximum absolute atomic E-state index is 12.2. The smallest absolute Gasteiger partial charge is 0.255 e. The third-order valence-electron chi connectivity index (χ3n) is 3.04. The molecule has 0 radical (unpaired) electrons. The fourth-order valence-corrected chi connectivity index (χ4v) is 2.14. The van der Waals surface area contributed by atoms with Crippen molar-refractivity contribution < 1.29 is 9.90 Å². The number of amides is 1. The van der Waals surface area contributed by atoms with E-state index in [4.69, 9.17) is 11.6 Å². The summed E-state index contributed by atoms with van der Waals surface area (Å²) in [6.07, 6.45) is 0. The van der Waals surface area contributed by atoms with Crippen LogP contribution in [0, 0.1) is 0 Å². The monoisotopic (exact) mass is 289 g/mol. The van der Waals surface area contributed by atoms with Crippen LogP contribution in [0.15, 0.2) is 42.5 Å². The Hall–Kier alpha value is -2.00. The molecule has 104 valence electrons. The maximum atomic E-state index is 12.2. The summed E-state index contributed by atoms with van der Waals surface area (Å²) in [5.74, 6) is 0.0284. The summed E-state index contributed by atoms with van der Waals surface area (Å²) >= 11 is 5.81. The second-order valence-corrected chi connectivity index (χ2v) is 5.27. The Labute approximate surface area is 123 Å². The van der Waals surface area contributed by atoms with Crippen LogP contribution in [0.5, 0.6) is 5.75 Å². The van der Waals surface area contributed by atoms with E-state index in [-0.39, 0.29) is 16.7 Å². The van der Waals surface area contributed by atoms with Gasteiger partial charge in [0, 0.05) is 11.3 Å². The minimum absolute atomic E-state index is 0.0363. The third-order valence-corrected chi connectivity index (χ3v) is 3.34. The Morgan fingerprint density at radius 3 is 2.55 bits per heavy atom. The predicted octanol–water partition coefficient (Wildman–Crippen LogP) is 4.42. The van der Waals surface area contributed by atoms with Crippen molar-refractivity contribution in [3.63, 3.8) is 0 Å². The van der Waals surface area contributed by atoms with E-state index in [0.717, 1.165) is 11.3 Å². The molecule has 0 saturated heterocycles. The number of nitrogens with one attached hydrogen (secondary N) is 1. The number of aromatic hydroxyl groups is 1. The first-order valence-electron chi connectivity index (χ1n) is 6.38. The maximum Gasteiger partial charge on any atom is 0.255 e. The molecule has 0 aromatic heterocycles. The van der Waals surface area contributed by atoms with Gasteiger partial charge in [0.25, 0.3) is 5.91 Å². The van der Waals surface area contributed by atoms with Crippen molar-refractivity contribution in [2.45, 2.75) is 19.8 Å². The summed E-state index contributed by atoms with van der Waals surface area (Å²) in [5, 5.41) is 12.4. The van der Waals surface area contributed by atoms with Crippen LogP contribution in [0.2, 0.25) is 5.02 Å². The lowest BCUT2D eigenvalue weighted by molar-refractivity contribution is 0.102. The number of rotatable bonds is 3. The highest BCUT2D eigenvalue weighted by molar-refractivity contribution is 6.32. The Bertz CT molecular complexity index is 638. The van der Waals surface area contributed by atoms with Crippen molar-refractivity contribution >= 4 is 23.2 Å².